The first-order chi connectivity index (χ1) is 12.3. The van der Waals surface area contributed by atoms with Crippen molar-refractivity contribution in [1.82, 2.24) is 9.46 Å². The molecule has 1 aromatic heterocycles. The molecule has 2 aromatic rings. The highest BCUT2D eigenvalue weighted by Crippen LogP contribution is 2.29. The summed E-state index contributed by atoms with van der Waals surface area (Å²) >= 11 is 6.11. The van der Waals surface area contributed by atoms with Gasteiger partial charge in [0.2, 0.25) is 15.9 Å². The van der Waals surface area contributed by atoms with Crippen molar-refractivity contribution in [3.63, 3.8) is 0 Å². The van der Waals surface area contributed by atoms with E-state index in [0.29, 0.717) is 30.2 Å². The van der Waals surface area contributed by atoms with Crippen molar-refractivity contribution >= 4 is 33.2 Å². The molecule has 0 saturated carbocycles. The predicted molar refractivity (Wildman–Crippen MR) is 97.8 cm³/mol. The standard InChI is InChI=1S/C17H20ClN3O4S/c1-11-14(12(2)25-20-11)10-17(22)19-13-5-6-15(18)16(9-13)26(23,24)21-7-3-4-8-21/h5-6,9H,3-4,7-8,10H2,1-2H3,(H,19,22). The molecular weight excluding hydrogens is 378 g/mol. The Balaban J connectivity index is 1.80. The number of aromatic nitrogens is 1. The van der Waals surface area contributed by atoms with Gasteiger partial charge in [0.15, 0.2) is 0 Å². The van der Waals surface area contributed by atoms with E-state index in [1.54, 1.807) is 19.9 Å². The van der Waals surface area contributed by atoms with E-state index in [9.17, 15) is 13.2 Å². The SMILES string of the molecule is Cc1noc(C)c1CC(=O)Nc1ccc(Cl)c(S(=O)(=O)N2CCCC2)c1. The highest BCUT2D eigenvalue weighted by molar-refractivity contribution is 7.89. The lowest BCUT2D eigenvalue weighted by molar-refractivity contribution is -0.115. The summed E-state index contributed by atoms with van der Waals surface area (Å²) in [6.07, 6.45) is 1.77. The topological polar surface area (TPSA) is 92.5 Å². The Labute approximate surface area is 157 Å². The molecule has 140 valence electrons. The molecule has 1 N–H and O–H groups in total. The van der Waals surface area contributed by atoms with Crippen LogP contribution in [-0.4, -0.2) is 36.9 Å². The summed E-state index contributed by atoms with van der Waals surface area (Å²) in [6.45, 7) is 4.48. The first kappa shape index (κ1) is 18.9. The van der Waals surface area contributed by atoms with Crippen LogP contribution in [0.4, 0.5) is 5.69 Å². The van der Waals surface area contributed by atoms with Crippen LogP contribution < -0.4 is 5.32 Å². The van der Waals surface area contributed by atoms with Crippen molar-refractivity contribution in [1.29, 1.82) is 0 Å². The summed E-state index contributed by atoms with van der Waals surface area (Å²) in [5, 5.41) is 6.68. The summed E-state index contributed by atoms with van der Waals surface area (Å²) in [7, 11) is -3.67. The zero-order valence-electron chi connectivity index (χ0n) is 14.6. The zero-order chi connectivity index (χ0) is 18.9. The normalized spacial score (nSPS) is 15.3. The van der Waals surface area contributed by atoms with Crippen LogP contribution >= 0.6 is 11.6 Å². The maximum absolute atomic E-state index is 12.7. The van der Waals surface area contributed by atoms with E-state index < -0.39 is 10.0 Å². The van der Waals surface area contributed by atoms with Crippen LogP contribution in [0.2, 0.25) is 5.02 Å². The van der Waals surface area contributed by atoms with E-state index in [1.165, 1.54) is 16.4 Å². The molecule has 3 rings (SSSR count). The number of anilines is 1. The lowest BCUT2D eigenvalue weighted by Crippen LogP contribution is -2.28. The Morgan fingerprint density at radius 3 is 2.62 bits per heavy atom. The number of carbonyl (C=O) groups excluding carboxylic acids is 1. The summed E-state index contributed by atoms with van der Waals surface area (Å²) in [6, 6.07) is 4.47. The average molecular weight is 398 g/mol. The Hall–Kier alpha value is -1.90. The maximum atomic E-state index is 12.7. The van der Waals surface area contributed by atoms with Gasteiger partial charge in [-0.15, -0.1) is 0 Å². The van der Waals surface area contributed by atoms with Crippen LogP contribution in [0.25, 0.3) is 0 Å². The Morgan fingerprint density at radius 1 is 1.31 bits per heavy atom. The van der Waals surface area contributed by atoms with Crippen molar-refractivity contribution in [2.45, 2.75) is 38.0 Å². The molecule has 0 aliphatic carbocycles. The third-order valence-corrected chi connectivity index (χ3v) is 6.80. The fraction of sp³-hybridized carbons (Fsp3) is 0.412. The molecule has 1 aromatic carbocycles. The largest absolute Gasteiger partial charge is 0.361 e. The van der Waals surface area contributed by atoms with Gasteiger partial charge < -0.3 is 9.84 Å². The third kappa shape index (κ3) is 3.77. The molecule has 1 amide bonds. The molecule has 0 unspecified atom stereocenters. The van der Waals surface area contributed by atoms with Crippen molar-refractivity contribution in [3.05, 3.63) is 40.2 Å². The van der Waals surface area contributed by atoms with Gasteiger partial charge in [-0.3, -0.25) is 4.79 Å². The lowest BCUT2D eigenvalue weighted by Gasteiger charge is -2.17. The van der Waals surface area contributed by atoms with Gasteiger partial charge in [0.1, 0.15) is 10.7 Å². The Bertz CT molecular complexity index is 914. The number of amides is 1. The van der Waals surface area contributed by atoms with Gasteiger partial charge in [-0.05, 0) is 44.9 Å². The van der Waals surface area contributed by atoms with E-state index in [2.05, 4.69) is 10.5 Å². The second-order valence-corrected chi connectivity index (χ2v) is 8.60. The number of nitrogens with zero attached hydrogens (tertiary/aromatic N) is 2. The van der Waals surface area contributed by atoms with Crippen molar-refractivity contribution < 1.29 is 17.7 Å². The molecule has 0 spiro atoms. The molecule has 0 bridgehead atoms. The highest BCUT2D eigenvalue weighted by atomic mass is 35.5. The number of aryl methyl sites for hydroxylation is 2. The summed E-state index contributed by atoms with van der Waals surface area (Å²) in [5.74, 6) is 0.303. The van der Waals surface area contributed by atoms with Crippen LogP contribution in [0.5, 0.6) is 0 Å². The summed E-state index contributed by atoms with van der Waals surface area (Å²) in [4.78, 5) is 12.3. The average Bonchev–Trinajstić information content (AvgIpc) is 3.23. The first-order valence-electron chi connectivity index (χ1n) is 8.30. The van der Waals surface area contributed by atoms with Gasteiger partial charge in [-0.1, -0.05) is 16.8 Å². The van der Waals surface area contributed by atoms with E-state index in [1.807, 2.05) is 0 Å². The molecule has 1 fully saturated rings. The minimum absolute atomic E-state index is 0.0104. The smallest absolute Gasteiger partial charge is 0.244 e. The Kier molecular flexibility index (Phi) is 5.36. The molecule has 1 saturated heterocycles. The van der Waals surface area contributed by atoms with Gasteiger partial charge in [0.25, 0.3) is 0 Å². The summed E-state index contributed by atoms with van der Waals surface area (Å²) < 4.78 is 32.0. The minimum atomic E-state index is -3.67. The van der Waals surface area contributed by atoms with E-state index >= 15 is 0 Å². The van der Waals surface area contributed by atoms with Gasteiger partial charge in [0.05, 0.1) is 17.1 Å². The van der Waals surface area contributed by atoms with Gasteiger partial charge >= 0.3 is 0 Å². The van der Waals surface area contributed by atoms with Crippen molar-refractivity contribution in [2.24, 2.45) is 0 Å². The van der Waals surface area contributed by atoms with Crippen molar-refractivity contribution in [3.8, 4) is 0 Å². The highest BCUT2D eigenvalue weighted by Gasteiger charge is 2.29. The molecule has 0 atom stereocenters. The van der Waals surface area contributed by atoms with Crippen LogP contribution in [0.1, 0.15) is 29.9 Å². The van der Waals surface area contributed by atoms with E-state index in [4.69, 9.17) is 16.1 Å². The maximum Gasteiger partial charge on any atom is 0.244 e. The van der Waals surface area contributed by atoms with Crippen LogP contribution in [0.3, 0.4) is 0 Å². The fourth-order valence-corrected chi connectivity index (χ4v) is 4.98. The number of rotatable bonds is 5. The van der Waals surface area contributed by atoms with Crippen molar-refractivity contribution in [2.75, 3.05) is 18.4 Å². The molecule has 7 nitrogen and oxygen atoms in total. The second kappa shape index (κ2) is 7.38. The molecular formula is C17H20ClN3O4S. The quantitative estimate of drug-likeness (QED) is 0.837. The van der Waals surface area contributed by atoms with Crippen LogP contribution in [0.15, 0.2) is 27.6 Å². The van der Waals surface area contributed by atoms with Gasteiger partial charge in [-0.25, -0.2) is 8.42 Å². The monoisotopic (exact) mass is 397 g/mol. The first-order valence-corrected chi connectivity index (χ1v) is 10.1. The lowest BCUT2D eigenvalue weighted by atomic mass is 10.1. The number of sulfonamides is 1. The predicted octanol–water partition coefficient (Wildman–Crippen LogP) is 2.91. The molecule has 26 heavy (non-hydrogen) atoms. The van der Waals surface area contributed by atoms with E-state index in [0.717, 1.165) is 18.4 Å². The van der Waals surface area contributed by atoms with E-state index in [-0.39, 0.29) is 22.2 Å². The van der Waals surface area contributed by atoms with Gasteiger partial charge in [0, 0.05) is 24.3 Å². The van der Waals surface area contributed by atoms with Crippen LogP contribution in [-0.2, 0) is 21.2 Å². The molecule has 0 radical (unpaired) electrons. The number of nitrogens with one attached hydrogen (secondary N) is 1. The fourth-order valence-electron chi connectivity index (χ4n) is 2.97. The molecule has 1 aliphatic rings. The molecule has 1 aliphatic heterocycles. The number of halogens is 1. The molecule has 9 heteroatoms. The zero-order valence-corrected chi connectivity index (χ0v) is 16.2. The Morgan fingerprint density at radius 2 is 2.00 bits per heavy atom. The minimum Gasteiger partial charge on any atom is -0.361 e. The molecule has 2 heterocycles. The van der Waals surface area contributed by atoms with Gasteiger partial charge in [-0.2, -0.15) is 4.31 Å². The third-order valence-electron chi connectivity index (χ3n) is 4.42. The number of benzene rings is 1. The number of hydrogen-bond acceptors (Lipinski definition) is 5. The summed E-state index contributed by atoms with van der Waals surface area (Å²) in [5.41, 5.74) is 1.76. The number of carbonyl (C=O) groups is 1. The second-order valence-electron chi connectivity index (χ2n) is 6.28. The van der Waals surface area contributed by atoms with Crippen LogP contribution in [0, 0.1) is 13.8 Å². The number of hydrogen-bond donors (Lipinski definition) is 1.